The highest BCUT2D eigenvalue weighted by atomic mass is 32.1. The Bertz CT molecular complexity index is 581. The summed E-state index contributed by atoms with van der Waals surface area (Å²) >= 11 is 1.77. The molecular weight excluding hydrogens is 344 g/mol. The van der Waals surface area contributed by atoms with Crippen LogP contribution in [0.1, 0.15) is 63.6 Å². The molecule has 1 aliphatic carbocycles. The fraction of sp³-hybridized carbons (Fsp3) is 0.800. The second-order valence-corrected chi connectivity index (χ2v) is 9.77. The van der Waals surface area contributed by atoms with E-state index in [1.54, 1.807) is 11.3 Å². The molecule has 146 valence electrons. The van der Waals surface area contributed by atoms with E-state index in [0.29, 0.717) is 12.6 Å². The minimum Gasteiger partial charge on any atom is -0.352 e. The molecule has 2 heterocycles. The Morgan fingerprint density at radius 2 is 1.81 bits per heavy atom. The SMILES string of the molecule is CC(C)(C)c1csc(CN2CCN(CC(=O)NC3CCCCC3)CC2)n1. The van der Waals surface area contributed by atoms with Crippen molar-refractivity contribution in [2.75, 3.05) is 32.7 Å². The summed E-state index contributed by atoms with van der Waals surface area (Å²) in [6.07, 6.45) is 6.16. The normalized spacial score (nSPS) is 21.0. The zero-order valence-electron chi connectivity index (χ0n) is 16.6. The van der Waals surface area contributed by atoms with Crippen molar-refractivity contribution < 1.29 is 4.79 Å². The monoisotopic (exact) mass is 378 g/mol. The molecule has 0 radical (unpaired) electrons. The van der Waals surface area contributed by atoms with Crippen molar-refractivity contribution in [1.29, 1.82) is 0 Å². The van der Waals surface area contributed by atoms with Gasteiger partial charge in [-0.05, 0) is 12.8 Å². The van der Waals surface area contributed by atoms with E-state index < -0.39 is 0 Å². The number of carbonyl (C=O) groups excluding carboxylic acids is 1. The van der Waals surface area contributed by atoms with Gasteiger partial charge in [0.05, 0.1) is 18.8 Å². The summed E-state index contributed by atoms with van der Waals surface area (Å²) in [6, 6.07) is 0.416. The smallest absolute Gasteiger partial charge is 0.234 e. The van der Waals surface area contributed by atoms with Crippen LogP contribution in [-0.2, 0) is 16.8 Å². The maximum Gasteiger partial charge on any atom is 0.234 e. The zero-order valence-corrected chi connectivity index (χ0v) is 17.4. The first-order chi connectivity index (χ1) is 12.4. The van der Waals surface area contributed by atoms with E-state index in [1.807, 2.05) is 0 Å². The van der Waals surface area contributed by atoms with Crippen LogP contribution >= 0.6 is 11.3 Å². The highest BCUT2D eigenvalue weighted by molar-refractivity contribution is 7.09. The van der Waals surface area contributed by atoms with Gasteiger partial charge in [0.25, 0.3) is 0 Å². The summed E-state index contributed by atoms with van der Waals surface area (Å²) in [7, 11) is 0. The molecule has 1 N–H and O–H groups in total. The van der Waals surface area contributed by atoms with E-state index in [2.05, 4.69) is 41.3 Å². The van der Waals surface area contributed by atoms with Crippen LogP contribution in [0, 0.1) is 0 Å². The van der Waals surface area contributed by atoms with E-state index >= 15 is 0 Å². The number of carbonyl (C=O) groups is 1. The molecule has 2 aliphatic rings. The van der Waals surface area contributed by atoms with Gasteiger partial charge in [-0.25, -0.2) is 4.98 Å². The molecular formula is C20H34N4OS. The van der Waals surface area contributed by atoms with E-state index in [4.69, 9.17) is 4.98 Å². The van der Waals surface area contributed by atoms with Crippen molar-refractivity contribution in [3.63, 3.8) is 0 Å². The molecule has 5 nitrogen and oxygen atoms in total. The Morgan fingerprint density at radius 1 is 1.15 bits per heavy atom. The first-order valence-electron chi connectivity index (χ1n) is 10.1. The van der Waals surface area contributed by atoms with Crippen molar-refractivity contribution in [2.45, 2.75) is 70.9 Å². The van der Waals surface area contributed by atoms with Gasteiger partial charge >= 0.3 is 0 Å². The summed E-state index contributed by atoms with van der Waals surface area (Å²) in [5.41, 5.74) is 1.31. The van der Waals surface area contributed by atoms with Crippen LogP contribution in [0.15, 0.2) is 5.38 Å². The van der Waals surface area contributed by atoms with Gasteiger partial charge in [-0.1, -0.05) is 40.0 Å². The van der Waals surface area contributed by atoms with Crippen molar-refractivity contribution in [3.05, 3.63) is 16.1 Å². The minimum atomic E-state index is 0.124. The highest BCUT2D eigenvalue weighted by Crippen LogP contribution is 2.24. The number of piperazine rings is 1. The summed E-state index contributed by atoms with van der Waals surface area (Å²) in [6.45, 7) is 12.1. The predicted octanol–water partition coefficient (Wildman–Crippen LogP) is 3.01. The third kappa shape index (κ3) is 5.76. The maximum atomic E-state index is 12.3. The highest BCUT2D eigenvalue weighted by Gasteiger charge is 2.23. The molecule has 1 aliphatic heterocycles. The molecule has 0 spiro atoms. The van der Waals surface area contributed by atoms with Crippen LogP contribution in [0.2, 0.25) is 0 Å². The molecule has 26 heavy (non-hydrogen) atoms. The quantitative estimate of drug-likeness (QED) is 0.856. The van der Waals surface area contributed by atoms with Gasteiger partial charge in [0.2, 0.25) is 5.91 Å². The number of hydrogen-bond donors (Lipinski definition) is 1. The second-order valence-electron chi connectivity index (χ2n) is 8.83. The third-order valence-electron chi connectivity index (χ3n) is 5.48. The first-order valence-corrected chi connectivity index (χ1v) is 11.0. The number of rotatable bonds is 5. The van der Waals surface area contributed by atoms with Gasteiger partial charge in [-0.3, -0.25) is 14.6 Å². The van der Waals surface area contributed by atoms with Crippen molar-refractivity contribution in [2.24, 2.45) is 0 Å². The Morgan fingerprint density at radius 3 is 2.42 bits per heavy atom. The molecule has 1 saturated carbocycles. The summed E-state index contributed by atoms with van der Waals surface area (Å²) in [5.74, 6) is 0.208. The van der Waals surface area contributed by atoms with Gasteiger partial charge in [-0.2, -0.15) is 0 Å². The second kappa shape index (κ2) is 8.81. The standard InChI is InChI=1S/C20H34N4OS/c1-20(2,3)17-15-26-19(22-17)14-24-11-9-23(10-12-24)13-18(25)21-16-7-5-4-6-8-16/h15-16H,4-14H2,1-3H3,(H,21,25). The van der Waals surface area contributed by atoms with Gasteiger partial charge < -0.3 is 5.32 Å². The number of amides is 1. The average molecular weight is 379 g/mol. The van der Waals surface area contributed by atoms with Crippen LogP contribution in [0.5, 0.6) is 0 Å². The molecule has 0 aromatic carbocycles. The lowest BCUT2D eigenvalue weighted by Crippen LogP contribution is -2.50. The van der Waals surface area contributed by atoms with E-state index in [9.17, 15) is 4.79 Å². The van der Waals surface area contributed by atoms with Gasteiger partial charge in [0, 0.05) is 43.0 Å². The number of nitrogens with one attached hydrogen (secondary N) is 1. The fourth-order valence-electron chi connectivity index (χ4n) is 3.75. The van der Waals surface area contributed by atoms with Gasteiger partial charge in [-0.15, -0.1) is 11.3 Å². The number of aromatic nitrogens is 1. The molecule has 0 bridgehead atoms. The van der Waals surface area contributed by atoms with E-state index in [-0.39, 0.29) is 11.3 Å². The predicted molar refractivity (Wildman–Crippen MR) is 108 cm³/mol. The lowest BCUT2D eigenvalue weighted by atomic mass is 9.93. The summed E-state index contributed by atoms with van der Waals surface area (Å²) in [4.78, 5) is 21.8. The third-order valence-corrected chi connectivity index (χ3v) is 6.32. The van der Waals surface area contributed by atoms with Gasteiger partial charge in [0.1, 0.15) is 5.01 Å². The first kappa shape index (κ1) is 19.8. The van der Waals surface area contributed by atoms with Crippen LogP contribution in [0.25, 0.3) is 0 Å². The summed E-state index contributed by atoms with van der Waals surface area (Å²) in [5, 5.41) is 6.63. The molecule has 2 fully saturated rings. The zero-order chi connectivity index (χ0) is 18.6. The molecule has 6 heteroatoms. The molecule has 1 saturated heterocycles. The van der Waals surface area contributed by atoms with Crippen LogP contribution in [0.3, 0.4) is 0 Å². The Hall–Kier alpha value is -0.980. The average Bonchev–Trinajstić information content (AvgIpc) is 3.06. The van der Waals surface area contributed by atoms with Crippen molar-refractivity contribution in [1.82, 2.24) is 20.1 Å². The van der Waals surface area contributed by atoms with Crippen molar-refractivity contribution in [3.8, 4) is 0 Å². The Kier molecular flexibility index (Phi) is 6.70. The lowest BCUT2D eigenvalue weighted by Gasteiger charge is -2.34. The van der Waals surface area contributed by atoms with Crippen LogP contribution in [-0.4, -0.2) is 59.5 Å². The molecule has 1 amide bonds. The topological polar surface area (TPSA) is 48.5 Å². The molecule has 3 rings (SSSR count). The number of hydrogen-bond acceptors (Lipinski definition) is 5. The Balaban J connectivity index is 1.38. The number of nitrogens with zero attached hydrogens (tertiary/aromatic N) is 3. The minimum absolute atomic E-state index is 0.124. The molecule has 1 aromatic heterocycles. The van der Waals surface area contributed by atoms with E-state index in [0.717, 1.165) is 45.6 Å². The lowest BCUT2D eigenvalue weighted by molar-refractivity contribution is -0.123. The van der Waals surface area contributed by atoms with Crippen molar-refractivity contribution >= 4 is 17.2 Å². The van der Waals surface area contributed by atoms with Crippen LogP contribution in [0.4, 0.5) is 0 Å². The largest absolute Gasteiger partial charge is 0.352 e. The molecule has 1 aromatic rings. The molecule has 0 atom stereocenters. The Labute approximate surface area is 162 Å². The fourth-order valence-corrected chi connectivity index (χ4v) is 4.81. The van der Waals surface area contributed by atoms with Gasteiger partial charge in [0.15, 0.2) is 0 Å². The van der Waals surface area contributed by atoms with E-state index in [1.165, 1.54) is 30.0 Å². The number of thiazole rings is 1. The molecule has 0 unspecified atom stereocenters. The summed E-state index contributed by atoms with van der Waals surface area (Å²) < 4.78 is 0. The van der Waals surface area contributed by atoms with Crippen LogP contribution < -0.4 is 5.32 Å². The maximum absolute atomic E-state index is 12.3.